The number of rotatable bonds is 7. The number of nitrogens with one attached hydrogen (secondary N) is 1. The summed E-state index contributed by atoms with van der Waals surface area (Å²) in [5, 5.41) is 4.15. The molecule has 0 saturated heterocycles. The minimum absolute atomic E-state index is 0.593. The van der Waals surface area contributed by atoms with E-state index in [9.17, 15) is 0 Å². The number of aromatic nitrogens is 1. The molecule has 0 saturated carbocycles. The SMILES string of the molecule is CC(C)CN(CCN(C)C)C(=S)NCc1cccnc1. The van der Waals surface area contributed by atoms with Gasteiger partial charge in [0.15, 0.2) is 5.11 Å². The summed E-state index contributed by atoms with van der Waals surface area (Å²) in [5.41, 5.74) is 1.15. The molecule has 0 unspecified atom stereocenters. The number of nitrogens with zero attached hydrogens (tertiary/aromatic N) is 3. The van der Waals surface area contributed by atoms with Crippen LogP contribution in [0.2, 0.25) is 0 Å². The summed E-state index contributed by atoms with van der Waals surface area (Å²) in [6, 6.07) is 3.99. The van der Waals surface area contributed by atoms with E-state index in [0.717, 1.165) is 36.9 Å². The lowest BCUT2D eigenvalue weighted by Gasteiger charge is -2.28. The van der Waals surface area contributed by atoms with Crippen molar-refractivity contribution < 1.29 is 0 Å². The van der Waals surface area contributed by atoms with Gasteiger partial charge < -0.3 is 15.1 Å². The number of hydrogen-bond donors (Lipinski definition) is 1. The molecule has 0 radical (unpaired) electrons. The molecule has 1 aromatic heterocycles. The monoisotopic (exact) mass is 294 g/mol. The zero-order valence-electron chi connectivity index (χ0n) is 13.0. The van der Waals surface area contributed by atoms with Crippen molar-refractivity contribution in [3.05, 3.63) is 30.1 Å². The Labute approximate surface area is 128 Å². The van der Waals surface area contributed by atoms with E-state index >= 15 is 0 Å². The first-order chi connectivity index (χ1) is 9.49. The van der Waals surface area contributed by atoms with Gasteiger partial charge in [0.05, 0.1) is 0 Å². The molecule has 1 N–H and O–H groups in total. The van der Waals surface area contributed by atoms with Gasteiger partial charge >= 0.3 is 0 Å². The normalized spacial score (nSPS) is 10.9. The van der Waals surface area contributed by atoms with Crippen molar-refractivity contribution in [3.63, 3.8) is 0 Å². The van der Waals surface area contributed by atoms with Gasteiger partial charge in [0.25, 0.3) is 0 Å². The van der Waals surface area contributed by atoms with E-state index < -0.39 is 0 Å². The largest absolute Gasteiger partial charge is 0.358 e. The lowest BCUT2D eigenvalue weighted by Crippen LogP contribution is -2.44. The summed E-state index contributed by atoms with van der Waals surface area (Å²) in [6.07, 6.45) is 3.65. The van der Waals surface area contributed by atoms with E-state index in [1.807, 2.05) is 12.3 Å². The number of likely N-dealkylation sites (N-methyl/N-ethyl adjacent to an activating group) is 1. The van der Waals surface area contributed by atoms with E-state index in [4.69, 9.17) is 12.2 Å². The fourth-order valence-corrected chi connectivity index (χ4v) is 2.07. The van der Waals surface area contributed by atoms with E-state index in [2.05, 4.69) is 54.1 Å². The lowest BCUT2D eigenvalue weighted by atomic mass is 10.2. The summed E-state index contributed by atoms with van der Waals surface area (Å²) < 4.78 is 0. The predicted molar refractivity (Wildman–Crippen MR) is 88.6 cm³/mol. The number of pyridine rings is 1. The number of hydrogen-bond acceptors (Lipinski definition) is 3. The van der Waals surface area contributed by atoms with Gasteiger partial charge in [-0.15, -0.1) is 0 Å². The van der Waals surface area contributed by atoms with E-state index in [1.165, 1.54) is 0 Å². The molecule has 0 aliphatic rings. The maximum Gasteiger partial charge on any atom is 0.169 e. The molecule has 0 spiro atoms. The molecule has 1 heterocycles. The second-order valence-electron chi connectivity index (χ2n) is 5.66. The first-order valence-corrected chi connectivity index (χ1v) is 7.46. The number of thiocarbonyl (C=S) groups is 1. The van der Waals surface area contributed by atoms with Gasteiger partial charge in [0.1, 0.15) is 0 Å². The molecule has 0 aliphatic heterocycles. The van der Waals surface area contributed by atoms with Crippen molar-refractivity contribution >= 4 is 17.3 Å². The standard InChI is InChI=1S/C15H26N4S/c1-13(2)12-19(9-8-18(3)4)15(20)17-11-14-6-5-7-16-10-14/h5-7,10,13H,8-9,11-12H2,1-4H3,(H,17,20). The van der Waals surface area contributed by atoms with Gasteiger partial charge in [0, 0.05) is 38.6 Å². The molecule has 0 bridgehead atoms. The van der Waals surface area contributed by atoms with E-state index in [-0.39, 0.29) is 0 Å². The maximum absolute atomic E-state index is 5.52. The van der Waals surface area contributed by atoms with Crippen LogP contribution < -0.4 is 5.32 Å². The molecule has 1 rings (SSSR count). The summed E-state index contributed by atoms with van der Waals surface area (Å²) in [4.78, 5) is 8.54. The maximum atomic E-state index is 5.52. The molecule has 20 heavy (non-hydrogen) atoms. The van der Waals surface area contributed by atoms with Gasteiger partial charge in [-0.1, -0.05) is 19.9 Å². The van der Waals surface area contributed by atoms with Crippen LogP contribution in [0.5, 0.6) is 0 Å². The van der Waals surface area contributed by atoms with Gasteiger partial charge in [-0.2, -0.15) is 0 Å². The van der Waals surface area contributed by atoms with Crippen LogP contribution in [0.1, 0.15) is 19.4 Å². The average molecular weight is 294 g/mol. The lowest BCUT2D eigenvalue weighted by molar-refractivity contribution is 0.304. The molecule has 0 aliphatic carbocycles. The van der Waals surface area contributed by atoms with Crippen molar-refractivity contribution in [2.75, 3.05) is 33.7 Å². The molecule has 1 aromatic rings. The molecule has 0 fully saturated rings. The Bertz CT molecular complexity index is 392. The molecule has 0 aromatic carbocycles. The molecular weight excluding hydrogens is 268 g/mol. The highest BCUT2D eigenvalue weighted by Gasteiger charge is 2.11. The highest BCUT2D eigenvalue weighted by molar-refractivity contribution is 7.80. The Morgan fingerprint density at radius 3 is 2.65 bits per heavy atom. The van der Waals surface area contributed by atoms with Crippen LogP contribution in [0.3, 0.4) is 0 Å². The Kier molecular flexibility index (Phi) is 7.47. The van der Waals surface area contributed by atoms with Crippen LogP contribution in [0.15, 0.2) is 24.5 Å². The van der Waals surface area contributed by atoms with Gasteiger partial charge in [-0.05, 0) is 43.9 Å². The Hall–Kier alpha value is -1.20. The van der Waals surface area contributed by atoms with E-state index in [0.29, 0.717) is 5.92 Å². The third kappa shape index (κ3) is 6.82. The molecule has 5 heteroatoms. The first-order valence-electron chi connectivity index (χ1n) is 7.05. The predicted octanol–water partition coefficient (Wildman–Crippen LogP) is 1.98. The van der Waals surface area contributed by atoms with Crippen molar-refractivity contribution in [3.8, 4) is 0 Å². The van der Waals surface area contributed by atoms with Crippen LogP contribution in [-0.4, -0.2) is 53.6 Å². The van der Waals surface area contributed by atoms with Crippen LogP contribution >= 0.6 is 12.2 Å². The van der Waals surface area contributed by atoms with Crippen LogP contribution in [0.4, 0.5) is 0 Å². The minimum Gasteiger partial charge on any atom is -0.358 e. The third-order valence-electron chi connectivity index (χ3n) is 2.86. The Balaban J connectivity index is 2.49. The summed E-state index contributed by atoms with van der Waals surface area (Å²) in [7, 11) is 4.17. The molecule has 0 amide bonds. The Morgan fingerprint density at radius 2 is 2.10 bits per heavy atom. The summed E-state index contributed by atoms with van der Waals surface area (Å²) in [5.74, 6) is 0.593. The van der Waals surface area contributed by atoms with Crippen LogP contribution in [0, 0.1) is 5.92 Å². The fourth-order valence-electron chi connectivity index (χ4n) is 1.83. The van der Waals surface area contributed by atoms with Crippen molar-refractivity contribution in [2.24, 2.45) is 5.92 Å². The summed E-state index contributed by atoms with van der Waals surface area (Å²) >= 11 is 5.52. The van der Waals surface area contributed by atoms with Crippen LogP contribution in [-0.2, 0) is 6.54 Å². The van der Waals surface area contributed by atoms with Gasteiger partial charge in [0.2, 0.25) is 0 Å². The second kappa shape index (κ2) is 8.87. The van der Waals surface area contributed by atoms with Crippen molar-refractivity contribution in [2.45, 2.75) is 20.4 Å². The minimum atomic E-state index is 0.593. The molecular formula is C15H26N4S. The van der Waals surface area contributed by atoms with Gasteiger partial charge in [-0.3, -0.25) is 4.98 Å². The fraction of sp³-hybridized carbons (Fsp3) is 0.600. The average Bonchev–Trinajstić information content (AvgIpc) is 2.41. The Morgan fingerprint density at radius 1 is 1.35 bits per heavy atom. The third-order valence-corrected chi connectivity index (χ3v) is 3.26. The quantitative estimate of drug-likeness (QED) is 0.777. The van der Waals surface area contributed by atoms with Gasteiger partial charge in [-0.25, -0.2) is 0 Å². The first kappa shape index (κ1) is 16.9. The summed E-state index contributed by atoms with van der Waals surface area (Å²) in [6.45, 7) is 8.08. The molecule has 112 valence electrons. The topological polar surface area (TPSA) is 31.4 Å². The van der Waals surface area contributed by atoms with Crippen molar-refractivity contribution in [1.82, 2.24) is 20.1 Å². The van der Waals surface area contributed by atoms with Crippen LogP contribution in [0.25, 0.3) is 0 Å². The molecule has 4 nitrogen and oxygen atoms in total. The second-order valence-corrected chi connectivity index (χ2v) is 6.05. The van der Waals surface area contributed by atoms with E-state index in [1.54, 1.807) is 6.20 Å². The zero-order chi connectivity index (χ0) is 15.0. The molecule has 0 atom stereocenters. The highest BCUT2D eigenvalue weighted by atomic mass is 32.1. The smallest absolute Gasteiger partial charge is 0.169 e. The highest BCUT2D eigenvalue weighted by Crippen LogP contribution is 2.01. The van der Waals surface area contributed by atoms with Crippen molar-refractivity contribution in [1.29, 1.82) is 0 Å². The zero-order valence-corrected chi connectivity index (χ0v) is 13.8.